The number of carbonyl (C=O) groups excluding carboxylic acids is 1. The number of hydrogen-bond donors (Lipinski definition) is 0. The number of sulfonamides is 1. The molecule has 0 saturated carbocycles. The lowest BCUT2D eigenvalue weighted by Gasteiger charge is -2.35. The highest BCUT2D eigenvalue weighted by Crippen LogP contribution is 2.29. The van der Waals surface area contributed by atoms with Gasteiger partial charge in [0.1, 0.15) is 4.90 Å². The number of benzene rings is 1. The minimum atomic E-state index is -3.67. The number of likely N-dealkylation sites (tertiary alicyclic amines) is 1. The third kappa shape index (κ3) is 4.07. The summed E-state index contributed by atoms with van der Waals surface area (Å²) in [6.07, 6.45) is 3.88. The van der Waals surface area contributed by atoms with Crippen LogP contribution in [0.3, 0.4) is 0 Å². The molecular formula is C19H27ClN2O3S. The minimum absolute atomic E-state index is 0.0463. The fourth-order valence-electron chi connectivity index (χ4n) is 4.09. The van der Waals surface area contributed by atoms with E-state index in [4.69, 9.17) is 11.6 Å². The Labute approximate surface area is 161 Å². The van der Waals surface area contributed by atoms with Gasteiger partial charge in [0.15, 0.2) is 0 Å². The zero-order valence-electron chi connectivity index (χ0n) is 15.4. The highest BCUT2D eigenvalue weighted by Gasteiger charge is 2.30. The molecule has 0 aromatic heterocycles. The summed E-state index contributed by atoms with van der Waals surface area (Å²) in [5.41, 5.74) is 0.395. The molecule has 2 heterocycles. The molecule has 0 unspecified atom stereocenters. The van der Waals surface area contributed by atoms with E-state index in [1.165, 1.54) is 16.4 Å². The first kappa shape index (κ1) is 19.6. The van der Waals surface area contributed by atoms with Crippen molar-refractivity contribution in [2.75, 3.05) is 26.2 Å². The maximum atomic E-state index is 13.0. The van der Waals surface area contributed by atoms with Gasteiger partial charge in [0.25, 0.3) is 5.91 Å². The highest BCUT2D eigenvalue weighted by atomic mass is 35.5. The lowest BCUT2D eigenvalue weighted by Crippen LogP contribution is -2.42. The molecule has 0 spiro atoms. The Morgan fingerprint density at radius 2 is 1.69 bits per heavy atom. The maximum Gasteiger partial charge on any atom is 0.253 e. The smallest absolute Gasteiger partial charge is 0.253 e. The fraction of sp³-hybridized carbons (Fsp3) is 0.632. The Morgan fingerprint density at radius 1 is 1.08 bits per heavy atom. The number of halogens is 1. The van der Waals surface area contributed by atoms with E-state index in [1.54, 1.807) is 6.07 Å². The average molecular weight is 399 g/mol. The molecule has 1 aromatic rings. The van der Waals surface area contributed by atoms with E-state index >= 15 is 0 Å². The van der Waals surface area contributed by atoms with Gasteiger partial charge in [0.2, 0.25) is 10.0 Å². The molecule has 2 fully saturated rings. The molecule has 2 atom stereocenters. The third-order valence-electron chi connectivity index (χ3n) is 5.27. The van der Waals surface area contributed by atoms with Crippen LogP contribution in [0.1, 0.15) is 49.9 Å². The fourth-order valence-corrected chi connectivity index (χ4v) is 6.11. The van der Waals surface area contributed by atoms with Crippen molar-refractivity contribution >= 4 is 27.5 Å². The molecule has 5 nitrogen and oxygen atoms in total. The minimum Gasteiger partial charge on any atom is -0.338 e. The Bertz CT molecular complexity index is 765. The van der Waals surface area contributed by atoms with Crippen molar-refractivity contribution in [1.82, 2.24) is 9.21 Å². The first-order chi connectivity index (χ1) is 12.3. The van der Waals surface area contributed by atoms with Crippen LogP contribution in [-0.2, 0) is 10.0 Å². The number of piperidine rings is 2. The van der Waals surface area contributed by atoms with Crippen LogP contribution in [-0.4, -0.2) is 49.7 Å². The quantitative estimate of drug-likeness (QED) is 0.781. The van der Waals surface area contributed by atoms with Crippen LogP contribution in [0.4, 0.5) is 0 Å². The second-order valence-electron chi connectivity index (χ2n) is 7.77. The van der Waals surface area contributed by atoms with Crippen LogP contribution in [0.25, 0.3) is 0 Å². The van der Waals surface area contributed by atoms with E-state index in [0.29, 0.717) is 43.6 Å². The predicted molar refractivity (Wildman–Crippen MR) is 103 cm³/mol. The van der Waals surface area contributed by atoms with E-state index in [2.05, 4.69) is 13.8 Å². The van der Waals surface area contributed by atoms with Crippen molar-refractivity contribution in [2.24, 2.45) is 11.8 Å². The average Bonchev–Trinajstić information content (AvgIpc) is 2.61. The Morgan fingerprint density at radius 3 is 2.31 bits per heavy atom. The molecule has 1 amide bonds. The molecule has 0 bridgehead atoms. The zero-order valence-corrected chi connectivity index (χ0v) is 17.0. The summed E-state index contributed by atoms with van der Waals surface area (Å²) in [4.78, 5) is 14.8. The number of rotatable bonds is 3. The van der Waals surface area contributed by atoms with Crippen LogP contribution in [0.5, 0.6) is 0 Å². The van der Waals surface area contributed by atoms with Gasteiger partial charge in [-0.3, -0.25) is 4.79 Å². The normalized spacial score (nSPS) is 25.3. The van der Waals surface area contributed by atoms with Gasteiger partial charge in [0.05, 0.1) is 5.02 Å². The standard InChI is InChI=1S/C19H27ClN2O3S/c1-14-10-15(2)13-21(12-14)19(23)16-6-7-17(20)18(11-16)26(24,25)22-8-4-3-5-9-22/h6-7,11,14-15H,3-5,8-10,12-13H2,1-2H3/t14-,15-/m1/s1. The van der Waals surface area contributed by atoms with Crippen molar-refractivity contribution in [3.05, 3.63) is 28.8 Å². The van der Waals surface area contributed by atoms with Crippen molar-refractivity contribution < 1.29 is 13.2 Å². The number of nitrogens with zero attached hydrogens (tertiary/aromatic N) is 2. The molecule has 0 N–H and O–H groups in total. The molecule has 144 valence electrons. The van der Waals surface area contributed by atoms with Gasteiger partial charge in [-0.25, -0.2) is 8.42 Å². The van der Waals surface area contributed by atoms with Gasteiger partial charge < -0.3 is 4.90 Å². The van der Waals surface area contributed by atoms with Crippen molar-refractivity contribution in [1.29, 1.82) is 0 Å². The number of amides is 1. The summed E-state index contributed by atoms with van der Waals surface area (Å²) < 4.78 is 27.4. The maximum absolute atomic E-state index is 13.0. The van der Waals surface area contributed by atoms with Crippen molar-refractivity contribution in [3.63, 3.8) is 0 Å². The second-order valence-corrected chi connectivity index (χ2v) is 10.1. The SMILES string of the molecule is C[C@@H]1C[C@@H](C)CN(C(=O)c2ccc(Cl)c(S(=O)(=O)N3CCCCC3)c2)C1. The van der Waals surface area contributed by atoms with E-state index in [-0.39, 0.29) is 15.8 Å². The van der Waals surface area contributed by atoms with Crippen LogP contribution in [0, 0.1) is 11.8 Å². The molecule has 0 aliphatic carbocycles. The predicted octanol–water partition coefficient (Wildman–Crippen LogP) is 3.63. The van der Waals surface area contributed by atoms with Gasteiger partial charge in [-0.05, 0) is 49.3 Å². The molecule has 26 heavy (non-hydrogen) atoms. The number of carbonyl (C=O) groups is 1. The molecule has 7 heteroatoms. The van der Waals surface area contributed by atoms with E-state index < -0.39 is 10.0 Å². The molecule has 0 radical (unpaired) electrons. The first-order valence-electron chi connectivity index (χ1n) is 9.38. The van der Waals surface area contributed by atoms with E-state index in [0.717, 1.165) is 25.7 Å². The molecule has 2 aliphatic rings. The van der Waals surface area contributed by atoms with Crippen LogP contribution < -0.4 is 0 Å². The summed E-state index contributed by atoms with van der Waals surface area (Å²) in [7, 11) is -3.67. The molecule has 2 aliphatic heterocycles. The topological polar surface area (TPSA) is 57.7 Å². The summed E-state index contributed by atoms with van der Waals surface area (Å²) in [5, 5.41) is 0.174. The zero-order chi connectivity index (χ0) is 18.9. The van der Waals surface area contributed by atoms with Gasteiger partial charge in [-0.1, -0.05) is 31.9 Å². The van der Waals surface area contributed by atoms with Crippen LogP contribution >= 0.6 is 11.6 Å². The van der Waals surface area contributed by atoms with Gasteiger partial charge in [-0.2, -0.15) is 4.31 Å². The Hall–Kier alpha value is -1.11. The van der Waals surface area contributed by atoms with E-state index in [9.17, 15) is 13.2 Å². The van der Waals surface area contributed by atoms with Crippen LogP contribution in [0.15, 0.2) is 23.1 Å². The lowest BCUT2D eigenvalue weighted by molar-refractivity contribution is 0.0623. The summed E-state index contributed by atoms with van der Waals surface area (Å²) in [6.45, 7) is 6.73. The first-order valence-corrected chi connectivity index (χ1v) is 11.2. The number of hydrogen-bond acceptors (Lipinski definition) is 3. The van der Waals surface area contributed by atoms with Gasteiger partial charge >= 0.3 is 0 Å². The lowest BCUT2D eigenvalue weighted by atomic mass is 9.91. The monoisotopic (exact) mass is 398 g/mol. The van der Waals surface area contributed by atoms with Gasteiger partial charge in [0, 0.05) is 31.7 Å². The van der Waals surface area contributed by atoms with E-state index in [1.807, 2.05) is 4.90 Å². The summed E-state index contributed by atoms with van der Waals surface area (Å²) in [6, 6.07) is 4.62. The molecule has 3 rings (SSSR count). The summed E-state index contributed by atoms with van der Waals surface area (Å²) in [5.74, 6) is 0.785. The van der Waals surface area contributed by atoms with Crippen LogP contribution in [0.2, 0.25) is 5.02 Å². The Kier molecular flexibility index (Phi) is 5.94. The molecule has 1 aromatic carbocycles. The molecular weight excluding hydrogens is 372 g/mol. The van der Waals surface area contributed by atoms with Crippen molar-refractivity contribution in [2.45, 2.75) is 44.4 Å². The Balaban J connectivity index is 1.88. The third-order valence-corrected chi connectivity index (χ3v) is 7.65. The largest absolute Gasteiger partial charge is 0.338 e. The molecule has 2 saturated heterocycles. The van der Waals surface area contributed by atoms with Gasteiger partial charge in [-0.15, -0.1) is 0 Å². The second kappa shape index (κ2) is 7.87. The summed E-state index contributed by atoms with van der Waals surface area (Å²) >= 11 is 6.21. The highest BCUT2D eigenvalue weighted by molar-refractivity contribution is 7.89. The van der Waals surface area contributed by atoms with Crippen molar-refractivity contribution in [3.8, 4) is 0 Å².